The van der Waals surface area contributed by atoms with Crippen LogP contribution in [0.2, 0.25) is 5.02 Å². The van der Waals surface area contributed by atoms with Gasteiger partial charge in [0.15, 0.2) is 0 Å². The molecule has 1 heterocycles. The van der Waals surface area contributed by atoms with E-state index in [0.717, 1.165) is 28.1 Å². The van der Waals surface area contributed by atoms with Gasteiger partial charge in [-0.2, -0.15) is 0 Å². The number of aliphatic hydroxyl groups excluding tert-OH is 1. The van der Waals surface area contributed by atoms with Gasteiger partial charge in [0.1, 0.15) is 11.6 Å². The monoisotopic (exact) mass is 345 g/mol. The lowest BCUT2D eigenvalue weighted by molar-refractivity contribution is 0.239. The fraction of sp³-hybridized carbons (Fsp3) is 0.278. The van der Waals surface area contributed by atoms with Gasteiger partial charge in [0.2, 0.25) is 0 Å². The normalized spacial score (nSPS) is 12.5. The van der Waals surface area contributed by atoms with Crippen LogP contribution in [0.5, 0.6) is 5.75 Å². The number of halogens is 1. The first-order valence-corrected chi connectivity index (χ1v) is 8.17. The highest BCUT2D eigenvalue weighted by Crippen LogP contribution is 2.25. The lowest BCUT2D eigenvalue weighted by atomic mass is 10.2. The van der Waals surface area contributed by atoms with Gasteiger partial charge in [-0.15, -0.1) is 0 Å². The molecule has 0 aliphatic carbocycles. The van der Waals surface area contributed by atoms with Crippen molar-refractivity contribution in [1.29, 1.82) is 0 Å². The van der Waals surface area contributed by atoms with E-state index in [1.54, 1.807) is 6.07 Å². The predicted octanol–water partition coefficient (Wildman–Crippen LogP) is 3.87. The third-order valence-electron chi connectivity index (χ3n) is 4.01. The lowest BCUT2D eigenvalue weighted by Gasteiger charge is -2.13. The molecule has 1 unspecified atom stereocenters. The first kappa shape index (κ1) is 16.6. The van der Waals surface area contributed by atoms with E-state index in [-0.39, 0.29) is 18.4 Å². The summed E-state index contributed by atoms with van der Waals surface area (Å²) < 4.78 is 2.04. The number of fused-ring (bicyclic) bond motifs is 1. The largest absolute Gasteiger partial charge is 0.508 e. The second-order valence-electron chi connectivity index (χ2n) is 5.94. The maximum absolute atomic E-state index is 9.60. The van der Waals surface area contributed by atoms with Crippen molar-refractivity contribution in [2.24, 2.45) is 0 Å². The van der Waals surface area contributed by atoms with Crippen LogP contribution < -0.4 is 5.32 Å². The molecule has 0 saturated heterocycles. The standard InChI is InChI=1S/C18H20ClN3O2/c1-11(10-23)22-12(2)21-17-8-15(3-4-18(17)22)20-9-13-5-14(19)7-16(24)6-13/h3-8,11,20,23-24H,9-10H2,1-2H3. The number of benzene rings is 2. The second kappa shape index (κ2) is 6.71. The van der Waals surface area contributed by atoms with Crippen molar-refractivity contribution in [2.75, 3.05) is 11.9 Å². The molecule has 1 atom stereocenters. The van der Waals surface area contributed by atoms with Crippen molar-refractivity contribution in [2.45, 2.75) is 26.4 Å². The number of aromatic hydroxyl groups is 1. The van der Waals surface area contributed by atoms with Crippen LogP contribution in [-0.4, -0.2) is 26.4 Å². The van der Waals surface area contributed by atoms with Crippen molar-refractivity contribution in [1.82, 2.24) is 9.55 Å². The average molecular weight is 346 g/mol. The molecule has 126 valence electrons. The van der Waals surface area contributed by atoms with E-state index >= 15 is 0 Å². The van der Waals surface area contributed by atoms with Crippen LogP contribution in [0, 0.1) is 6.92 Å². The van der Waals surface area contributed by atoms with E-state index < -0.39 is 0 Å². The SMILES string of the molecule is Cc1nc2cc(NCc3cc(O)cc(Cl)c3)ccc2n1C(C)CO. The molecule has 1 aromatic heterocycles. The smallest absolute Gasteiger partial charge is 0.117 e. The van der Waals surface area contributed by atoms with Gasteiger partial charge in [-0.1, -0.05) is 11.6 Å². The number of nitrogens with zero attached hydrogens (tertiary/aromatic N) is 2. The molecule has 0 saturated carbocycles. The van der Waals surface area contributed by atoms with Crippen molar-refractivity contribution in [3.05, 3.63) is 52.8 Å². The molecule has 0 spiro atoms. The topological polar surface area (TPSA) is 70.3 Å². The summed E-state index contributed by atoms with van der Waals surface area (Å²) >= 11 is 5.95. The van der Waals surface area contributed by atoms with Crippen molar-refractivity contribution >= 4 is 28.3 Å². The van der Waals surface area contributed by atoms with E-state index in [4.69, 9.17) is 11.6 Å². The minimum atomic E-state index is -0.0109. The quantitative estimate of drug-likeness (QED) is 0.656. The Morgan fingerprint density at radius 2 is 2.04 bits per heavy atom. The van der Waals surface area contributed by atoms with Crippen LogP contribution in [0.3, 0.4) is 0 Å². The van der Waals surface area contributed by atoms with Gasteiger partial charge in [-0.25, -0.2) is 4.98 Å². The third kappa shape index (κ3) is 3.32. The molecule has 5 nitrogen and oxygen atoms in total. The van der Waals surface area contributed by atoms with Gasteiger partial charge < -0.3 is 20.1 Å². The Labute approximate surface area is 145 Å². The number of anilines is 1. The highest BCUT2D eigenvalue weighted by molar-refractivity contribution is 6.30. The molecule has 0 aliphatic rings. The second-order valence-corrected chi connectivity index (χ2v) is 6.37. The van der Waals surface area contributed by atoms with Gasteiger partial charge in [-0.3, -0.25) is 0 Å². The summed E-state index contributed by atoms with van der Waals surface area (Å²) in [4.78, 5) is 4.58. The van der Waals surface area contributed by atoms with E-state index in [2.05, 4.69) is 10.3 Å². The van der Waals surface area contributed by atoms with Crippen LogP contribution in [0.4, 0.5) is 5.69 Å². The maximum atomic E-state index is 9.60. The number of aromatic nitrogens is 2. The minimum Gasteiger partial charge on any atom is -0.508 e. The van der Waals surface area contributed by atoms with Crippen LogP contribution in [-0.2, 0) is 6.54 Å². The number of imidazole rings is 1. The summed E-state index contributed by atoms with van der Waals surface area (Å²) in [6.45, 7) is 4.52. The summed E-state index contributed by atoms with van der Waals surface area (Å²) in [5, 5.41) is 22.8. The van der Waals surface area contributed by atoms with Gasteiger partial charge in [-0.05, 0) is 55.8 Å². The fourth-order valence-electron chi connectivity index (χ4n) is 2.91. The Morgan fingerprint density at radius 1 is 1.25 bits per heavy atom. The van der Waals surface area contributed by atoms with Crippen molar-refractivity contribution in [3.8, 4) is 5.75 Å². The van der Waals surface area contributed by atoms with Crippen LogP contribution in [0.1, 0.15) is 24.4 Å². The summed E-state index contributed by atoms with van der Waals surface area (Å²) in [6.07, 6.45) is 0. The van der Waals surface area contributed by atoms with Crippen LogP contribution >= 0.6 is 11.6 Å². The van der Waals surface area contributed by atoms with Crippen LogP contribution in [0.15, 0.2) is 36.4 Å². The number of phenolic OH excluding ortho intramolecular Hbond substituents is 1. The zero-order valence-corrected chi connectivity index (χ0v) is 14.4. The molecule has 0 amide bonds. The Kier molecular flexibility index (Phi) is 4.64. The molecule has 3 rings (SSSR count). The molecule has 6 heteroatoms. The van der Waals surface area contributed by atoms with E-state index in [0.29, 0.717) is 11.6 Å². The number of aliphatic hydroxyl groups is 1. The minimum absolute atomic E-state index is 0.0109. The van der Waals surface area contributed by atoms with E-state index in [1.807, 2.05) is 42.7 Å². The molecular weight excluding hydrogens is 326 g/mol. The highest BCUT2D eigenvalue weighted by Gasteiger charge is 2.12. The molecule has 0 fully saturated rings. The molecule has 3 aromatic rings. The number of phenols is 1. The Bertz CT molecular complexity index is 856. The van der Waals surface area contributed by atoms with Gasteiger partial charge in [0, 0.05) is 17.3 Å². The van der Waals surface area contributed by atoms with Crippen molar-refractivity contribution < 1.29 is 10.2 Å². The summed E-state index contributed by atoms with van der Waals surface area (Å²) in [6, 6.07) is 11.0. The van der Waals surface area contributed by atoms with Gasteiger partial charge in [0.25, 0.3) is 0 Å². The Morgan fingerprint density at radius 3 is 2.75 bits per heavy atom. The maximum Gasteiger partial charge on any atom is 0.117 e. The Hall–Kier alpha value is -2.24. The van der Waals surface area contributed by atoms with E-state index in [9.17, 15) is 10.2 Å². The van der Waals surface area contributed by atoms with Crippen LogP contribution in [0.25, 0.3) is 11.0 Å². The predicted molar refractivity (Wildman–Crippen MR) is 96.7 cm³/mol. The number of hydrogen-bond acceptors (Lipinski definition) is 4. The first-order valence-electron chi connectivity index (χ1n) is 7.79. The third-order valence-corrected chi connectivity index (χ3v) is 4.23. The number of nitrogens with one attached hydrogen (secondary N) is 1. The molecule has 0 aliphatic heterocycles. The average Bonchev–Trinajstić information content (AvgIpc) is 2.86. The number of aryl methyl sites for hydroxylation is 1. The number of hydrogen-bond donors (Lipinski definition) is 3. The molecule has 2 aromatic carbocycles. The van der Waals surface area contributed by atoms with Crippen molar-refractivity contribution in [3.63, 3.8) is 0 Å². The molecular formula is C18H20ClN3O2. The molecule has 0 bridgehead atoms. The summed E-state index contributed by atoms with van der Waals surface area (Å²) in [7, 11) is 0. The van der Waals surface area contributed by atoms with Gasteiger partial charge >= 0.3 is 0 Å². The highest BCUT2D eigenvalue weighted by atomic mass is 35.5. The fourth-order valence-corrected chi connectivity index (χ4v) is 3.16. The number of rotatable bonds is 5. The Balaban J connectivity index is 1.83. The van der Waals surface area contributed by atoms with Gasteiger partial charge in [0.05, 0.1) is 23.7 Å². The zero-order valence-electron chi connectivity index (χ0n) is 13.6. The molecule has 24 heavy (non-hydrogen) atoms. The summed E-state index contributed by atoms with van der Waals surface area (Å²) in [5.74, 6) is 1.03. The lowest BCUT2D eigenvalue weighted by Crippen LogP contribution is -2.10. The first-order chi connectivity index (χ1) is 11.5. The van der Waals surface area contributed by atoms with E-state index in [1.165, 1.54) is 6.07 Å². The summed E-state index contributed by atoms with van der Waals surface area (Å²) in [5.41, 5.74) is 3.71. The molecule has 0 radical (unpaired) electrons. The zero-order chi connectivity index (χ0) is 17.3. The molecule has 3 N–H and O–H groups in total.